The fourth-order valence-corrected chi connectivity index (χ4v) is 2.18. The summed E-state index contributed by atoms with van der Waals surface area (Å²) in [6.45, 7) is 8.41. The molecule has 0 aliphatic rings. The van der Waals surface area contributed by atoms with Gasteiger partial charge in [0.25, 0.3) is 0 Å². The Kier molecular flexibility index (Phi) is 6.03. The van der Waals surface area contributed by atoms with Gasteiger partial charge in [0.1, 0.15) is 0 Å². The highest BCUT2D eigenvalue weighted by molar-refractivity contribution is 5.80. The molecular formula is C16H26N2O. The molecular weight excluding hydrogens is 236 g/mol. The number of likely N-dealkylation sites (N-methyl/N-ethyl adjacent to an activating group) is 1. The van der Waals surface area contributed by atoms with Crippen molar-refractivity contribution in [3.63, 3.8) is 0 Å². The fraction of sp³-hybridized carbons (Fsp3) is 0.562. The molecule has 0 aliphatic heterocycles. The van der Waals surface area contributed by atoms with E-state index in [-0.39, 0.29) is 18.0 Å². The molecule has 1 rings (SSSR count). The number of nitrogens with one attached hydrogen (secondary N) is 2. The van der Waals surface area contributed by atoms with Crippen LogP contribution in [0.25, 0.3) is 0 Å². The van der Waals surface area contributed by atoms with Gasteiger partial charge in [-0.3, -0.25) is 10.1 Å². The van der Waals surface area contributed by atoms with Gasteiger partial charge < -0.3 is 5.32 Å². The van der Waals surface area contributed by atoms with E-state index in [1.165, 1.54) is 11.1 Å². The largest absolute Gasteiger partial charge is 0.358 e. The highest BCUT2D eigenvalue weighted by atomic mass is 16.2. The summed E-state index contributed by atoms with van der Waals surface area (Å²) in [4.78, 5) is 11.5. The van der Waals surface area contributed by atoms with Crippen molar-refractivity contribution in [2.45, 2.75) is 46.2 Å². The molecule has 0 aromatic heterocycles. The molecule has 0 heterocycles. The normalized spacial score (nSPS) is 14.2. The number of hydrogen-bond acceptors (Lipinski definition) is 2. The van der Waals surface area contributed by atoms with Gasteiger partial charge in [0.15, 0.2) is 0 Å². The fourth-order valence-electron chi connectivity index (χ4n) is 2.18. The molecule has 3 heteroatoms. The lowest BCUT2D eigenvalue weighted by Crippen LogP contribution is -2.41. The van der Waals surface area contributed by atoms with Crippen molar-refractivity contribution in [2.24, 2.45) is 5.92 Å². The van der Waals surface area contributed by atoms with E-state index in [2.05, 4.69) is 55.7 Å². The molecule has 0 saturated heterocycles. The Morgan fingerprint density at radius 3 is 2.16 bits per heavy atom. The van der Waals surface area contributed by atoms with Crippen molar-refractivity contribution in [3.8, 4) is 0 Å². The summed E-state index contributed by atoms with van der Waals surface area (Å²) in [5, 5.41) is 5.95. The number of benzene rings is 1. The van der Waals surface area contributed by atoms with Crippen LogP contribution in [0.2, 0.25) is 0 Å². The summed E-state index contributed by atoms with van der Waals surface area (Å²) in [5.74, 6) is 0.693. The minimum Gasteiger partial charge on any atom is -0.358 e. The number of amides is 1. The van der Waals surface area contributed by atoms with E-state index in [4.69, 9.17) is 0 Å². The van der Waals surface area contributed by atoms with Crippen molar-refractivity contribution < 1.29 is 4.79 Å². The first-order valence-electron chi connectivity index (χ1n) is 7.00. The number of carbonyl (C=O) groups excluding carboxylic acids is 1. The van der Waals surface area contributed by atoms with Gasteiger partial charge in [-0.25, -0.2) is 0 Å². The number of carbonyl (C=O) groups is 1. The molecule has 2 N–H and O–H groups in total. The first-order chi connectivity index (χ1) is 8.93. The van der Waals surface area contributed by atoms with Crippen LogP contribution in [0, 0.1) is 5.92 Å². The Morgan fingerprint density at radius 1 is 1.11 bits per heavy atom. The maximum atomic E-state index is 11.5. The van der Waals surface area contributed by atoms with E-state index >= 15 is 0 Å². The Bertz CT molecular complexity index is 398. The highest BCUT2D eigenvalue weighted by Crippen LogP contribution is 2.16. The first kappa shape index (κ1) is 15.7. The number of rotatable bonds is 6. The average molecular weight is 262 g/mol. The van der Waals surface area contributed by atoms with E-state index in [9.17, 15) is 4.79 Å². The molecule has 1 aromatic carbocycles. The number of hydrogen-bond donors (Lipinski definition) is 2. The van der Waals surface area contributed by atoms with Gasteiger partial charge in [-0.2, -0.15) is 0 Å². The van der Waals surface area contributed by atoms with E-state index in [1.807, 2.05) is 6.92 Å². The Morgan fingerprint density at radius 2 is 1.68 bits per heavy atom. The van der Waals surface area contributed by atoms with Crippen LogP contribution in [-0.2, 0) is 11.2 Å². The maximum absolute atomic E-state index is 11.5. The van der Waals surface area contributed by atoms with Crippen LogP contribution in [0.4, 0.5) is 0 Å². The van der Waals surface area contributed by atoms with Crippen LogP contribution in [-0.4, -0.2) is 19.0 Å². The summed E-state index contributed by atoms with van der Waals surface area (Å²) in [7, 11) is 1.66. The zero-order valence-electron chi connectivity index (χ0n) is 12.7. The zero-order chi connectivity index (χ0) is 14.4. The second-order valence-electron chi connectivity index (χ2n) is 5.56. The zero-order valence-corrected chi connectivity index (χ0v) is 12.7. The standard InChI is InChI=1S/C16H26N2O/c1-11(2)10-14-6-8-15(9-7-14)12(3)18-13(4)16(19)17-5/h6-9,11-13,18H,10H2,1-5H3,(H,17,19). The van der Waals surface area contributed by atoms with Crippen LogP contribution in [0.5, 0.6) is 0 Å². The summed E-state index contributed by atoms with van der Waals surface area (Å²) in [6.07, 6.45) is 1.11. The Balaban J connectivity index is 2.62. The molecule has 0 radical (unpaired) electrons. The molecule has 0 spiro atoms. The Labute approximate surface area is 116 Å². The topological polar surface area (TPSA) is 41.1 Å². The van der Waals surface area contributed by atoms with Crippen molar-refractivity contribution in [1.29, 1.82) is 0 Å². The van der Waals surface area contributed by atoms with E-state index < -0.39 is 0 Å². The summed E-state index contributed by atoms with van der Waals surface area (Å²) >= 11 is 0. The molecule has 19 heavy (non-hydrogen) atoms. The molecule has 3 nitrogen and oxygen atoms in total. The lowest BCUT2D eigenvalue weighted by Gasteiger charge is -2.19. The third-order valence-electron chi connectivity index (χ3n) is 3.26. The van der Waals surface area contributed by atoms with Crippen molar-refractivity contribution in [3.05, 3.63) is 35.4 Å². The highest BCUT2D eigenvalue weighted by Gasteiger charge is 2.14. The van der Waals surface area contributed by atoms with Gasteiger partial charge in [-0.05, 0) is 37.3 Å². The third-order valence-corrected chi connectivity index (χ3v) is 3.26. The van der Waals surface area contributed by atoms with Gasteiger partial charge in [-0.15, -0.1) is 0 Å². The molecule has 0 fully saturated rings. The van der Waals surface area contributed by atoms with Gasteiger partial charge in [0, 0.05) is 13.1 Å². The van der Waals surface area contributed by atoms with Crippen LogP contribution in [0.3, 0.4) is 0 Å². The van der Waals surface area contributed by atoms with Crippen molar-refractivity contribution >= 4 is 5.91 Å². The van der Waals surface area contributed by atoms with Crippen molar-refractivity contribution in [2.75, 3.05) is 7.05 Å². The van der Waals surface area contributed by atoms with E-state index in [0.29, 0.717) is 5.92 Å². The quantitative estimate of drug-likeness (QED) is 0.827. The predicted octanol–water partition coefficient (Wildman–Crippen LogP) is 2.67. The predicted molar refractivity (Wildman–Crippen MR) is 80.1 cm³/mol. The Hall–Kier alpha value is -1.35. The minimum absolute atomic E-state index is 0.0169. The maximum Gasteiger partial charge on any atom is 0.236 e. The molecule has 1 aromatic rings. The molecule has 0 saturated carbocycles. The summed E-state index contributed by atoms with van der Waals surface area (Å²) < 4.78 is 0. The lowest BCUT2D eigenvalue weighted by molar-refractivity contribution is -0.122. The lowest BCUT2D eigenvalue weighted by atomic mass is 9.99. The molecule has 1 amide bonds. The molecule has 0 bridgehead atoms. The van der Waals surface area contributed by atoms with Crippen LogP contribution in [0.15, 0.2) is 24.3 Å². The second kappa shape index (κ2) is 7.29. The summed E-state index contributed by atoms with van der Waals surface area (Å²) in [5.41, 5.74) is 2.58. The smallest absolute Gasteiger partial charge is 0.236 e. The van der Waals surface area contributed by atoms with Gasteiger partial charge >= 0.3 is 0 Å². The minimum atomic E-state index is -0.185. The van der Waals surface area contributed by atoms with Gasteiger partial charge in [0.05, 0.1) is 6.04 Å². The average Bonchev–Trinajstić information content (AvgIpc) is 2.37. The van der Waals surface area contributed by atoms with Gasteiger partial charge in [0.2, 0.25) is 5.91 Å². The van der Waals surface area contributed by atoms with E-state index in [1.54, 1.807) is 7.05 Å². The summed E-state index contributed by atoms with van der Waals surface area (Å²) in [6, 6.07) is 8.63. The second-order valence-corrected chi connectivity index (χ2v) is 5.56. The van der Waals surface area contributed by atoms with Crippen LogP contribution < -0.4 is 10.6 Å². The van der Waals surface area contributed by atoms with Crippen LogP contribution in [0.1, 0.15) is 44.9 Å². The molecule has 2 unspecified atom stereocenters. The third kappa shape index (κ3) is 5.03. The monoisotopic (exact) mass is 262 g/mol. The first-order valence-corrected chi connectivity index (χ1v) is 7.00. The van der Waals surface area contributed by atoms with Crippen molar-refractivity contribution in [1.82, 2.24) is 10.6 Å². The SMILES string of the molecule is CNC(=O)C(C)NC(C)c1ccc(CC(C)C)cc1. The van der Waals surface area contributed by atoms with E-state index in [0.717, 1.165) is 6.42 Å². The molecule has 106 valence electrons. The van der Waals surface area contributed by atoms with Crippen LogP contribution >= 0.6 is 0 Å². The van der Waals surface area contributed by atoms with Gasteiger partial charge in [-0.1, -0.05) is 38.1 Å². The molecule has 0 aliphatic carbocycles. The molecule has 2 atom stereocenters.